The second kappa shape index (κ2) is 5.33. The van der Waals surface area contributed by atoms with Crippen molar-refractivity contribution in [2.24, 2.45) is 5.10 Å². The highest BCUT2D eigenvalue weighted by atomic mass is 35.5. The number of halogens is 1. The fraction of sp³-hybridized carbons (Fsp3) is 0. The predicted octanol–water partition coefficient (Wildman–Crippen LogP) is 3.29. The molecule has 0 atom stereocenters. The second-order valence-corrected chi connectivity index (χ2v) is 3.75. The molecule has 92 valence electrons. The van der Waals surface area contributed by atoms with E-state index in [9.17, 15) is 10.1 Å². The predicted molar refractivity (Wildman–Crippen MR) is 68.0 cm³/mol. The Morgan fingerprint density at radius 1 is 1.39 bits per heavy atom. The third kappa shape index (κ3) is 3.08. The molecule has 0 unspecified atom stereocenters. The summed E-state index contributed by atoms with van der Waals surface area (Å²) in [7, 11) is 0. The molecule has 0 aliphatic rings. The molecule has 18 heavy (non-hydrogen) atoms. The van der Waals surface area contributed by atoms with E-state index in [2.05, 4.69) is 10.5 Å². The van der Waals surface area contributed by atoms with E-state index < -0.39 is 4.92 Å². The fourth-order valence-corrected chi connectivity index (χ4v) is 1.43. The van der Waals surface area contributed by atoms with Crippen LogP contribution in [0.2, 0.25) is 5.02 Å². The molecule has 0 fully saturated rings. The van der Waals surface area contributed by atoms with Gasteiger partial charge in [0.2, 0.25) is 0 Å². The van der Waals surface area contributed by atoms with Gasteiger partial charge in [0.1, 0.15) is 4.92 Å². The lowest BCUT2D eigenvalue weighted by molar-refractivity contribution is -0.402. The van der Waals surface area contributed by atoms with Gasteiger partial charge in [-0.25, -0.2) is 0 Å². The Morgan fingerprint density at radius 3 is 2.89 bits per heavy atom. The van der Waals surface area contributed by atoms with Gasteiger partial charge in [0.05, 0.1) is 18.0 Å². The molecule has 1 heterocycles. The molecular formula is C11H8ClN3O3. The maximum atomic E-state index is 10.4. The fourth-order valence-electron chi connectivity index (χ4n) is 1.24. The van der Waals surface area contributed by atoms with Crippen molar-refractivity contribution >= 4 is 29.4 Å². The number of hydrogen-bond acceptors (Lipinski definition) is 5. The summed E-state index contributed by atoms with van der Waals surface area (Å²) in [5.41, 5.74) is 3.44. The number of hydrazone groups is 1. The standard InChI is InChI=1S/C11H8ClN3O3/c12-8-2-1-3-9(6-8)14-13-7-10-4-5-11(18-10)15(16)17/h1-7,14H/b13-7-. The SMILES string of the molecule is O=[N+]([O-])c1ccc(/C=N\Nc2cccc(Cl)c2)o1. The van der Waals surface area contributed by atoms with Gasteiger partial charge in [-0.1, -0.05) is 17.7 Å². The molecule has 1 aromatic carbocycles. The monoisotopic (exact) mass is 265 g/mol. The Labute approximate surface area is 107 Å². The van der Waals surface area contributed by atoms with Gasteiger partial charge < -0.3 is 4.42 Å². The van der Waals surface area contributed by atoms with E-state index in [4.69, 9.17) is 16.0 Å². The number of furan rings is 1. The van der Waals surface area contributed by atoms with E-state index >= 15 is 0 Å². The molecule has 0 saturated heterocycles. The Hall–Kier alpha value is -2.34. The Balaban J connectivity index is 2.00. The summed E-state index contributed by atoms with van der Waals surface area (Å²) in [6.07, 6.45) is 1.34. The molecule has 0 amide bonds. The highest BCUT2D eigenvalue weighted by molar-refractivity contribution is 6.30. The molecule has 0 aliphatic heterocycles. The van der Waals surface area contributed by atoms with Crippen LogP contribution in [0.15, 0.2) is 45.9 Å². The van der Waals surface area contributed by atoms with Gasteiger partial charge in [-0.05, 0) is 24.3 Å². The molecule has 7 heteroatoms. The van der Waals surface area contributed by atoms with Crippen molar-refractivity contribution in [3.63, 3.8) is 0 Å². The summed E-state index contributed by atoms with van der Waals surface area (Å²) in [6.45, 7) is 0. The van der Waals surface area contributed by atoms with Crippen LogP contribution >= 0.6 is 11.6 Å². The summed E-state index contributed by atoms with van der Waals surface area (Å²) < 4.78 is 4.89. The van der Waals surface area contributed by atoms with Gasteiger partial charge in [-0.15, -0.1) is 0 Å². The molecule has 1 N–H and O–H groups in total. The minimum Gasteiger partial charge on any atom is -0.400 e. The summed E-state index contributed by atoms with van der Waals surface area (Å²) in [4.78, 5) is 9.77. The molecule has 0 bridgehead atoms. The Morgan fingerprint density at radius 2 is 2.22 bits per heavy atom. The van der Waals surface area contributed by atoms with Crippen molar-refractivity contribution in [1.29, 1.82) is 0 Å². The largest absolute Gasteiger partial charge is 0.433 e. The van der Waals surface area contributed by atoms with Crippen molar-refractivity contribution in [2.45, 2.75) is 0 Å². The topological polar surface area (TPSA) is 80.7 Å². The van der Waals surface area contributed by atoms with Crippen LogP contribution in [0.1, 0.15) is 5.76 Å². The number of rotatable bonds is 4. The van der Waals surface area contributed by atoms with Crippen LogP contribution in [-0.2, 0) is 0 Å². The van der Waals surface area contributed by atoms with E-state index in [-0.39, 0.29) is 11.6 Å². The van der Waals surface area contributed by atoms with Gasteiger partial charge in [-0.2, -0.15) is 5.10 Å². The third-order valence-electron chi connectivity index (χ3n) is 2.00. The van der Waals surface area contributed by atoms with Crippen molar-refractivity contribution in [1.82, 2.24) is 0 Å². The zero-order valence-electron chi connectivity index (χ0n) is 9.04. The number of nitrogens with one attached hydrogen (secondary N) is 1. The average Bonchev–Trinajstić information content (AvgIpc) is 2.78. The van der Waals surface area contributed by atoms with Crippen molar-refractivity contribution in [3.8, 4) is 0 Å². The van der Waals surface area contributed by atoms with Gasteiger partial charge in [0.15, 0.2) is 5.76 Å². The molecule has 0 saturated carbocycles. The lowest BCUT2D eigenvalue weighted by Gasteiger charge is -1.98. The lowest BCUT2D eigenvalue weighted by Crippen LogP contribution is -1.89. The van der Waals surface area contributed by atoms with Crippen LogP contribution in [0.25, 0.3) is 0 Å². The lowest BCUT2D eigenvalue weighted by atomic mass is 10.3. The first-order valence-electron chi connectivity index (χ1n) is 4.94. The van der Waals surface area contributed by atoms with Crippen LogP contribution in [-0.4, -0.2) is 11.1 Å². The normalized spacial score (nSPS) is 10.7. The zero-order valence-corrected chi connectivity index (χ0v) is 9.79. The number of nitro groups is 1. The summed E-state index contributed by atoms with van der Waals surface area (Å²) >= 11 is 5.79. The van der Waals surface area contributed by atoms with Gasteiger partial charge in [-0.3, -0.25) is 15.5 Å². The van der Waals surface area contributed by atoms with E-state index in [0.717, 1.165) is 0 Å². The number of hydrogen-bond donors (Lipinski definition) is 1. The van der Waals surface area contributed by atoms with Gasteiger partial charge in [0.25, 0.3) is 0 Å². The molecule has 2 rings (SSSR count). The van der Waals surface area contributed by atoms with Crippen LogP contribution < -0.4 is 5.43 Å². The van der Waals surface area contributed by atoms with Crippen LogP contribution in [0.4, 0.5) is 11.6 Å². The second-order valence-electron chi connectivity index (χ2n) is 3.31. The summed E-state index contributed by atoms with van der Waals surface area (Å²) in [6, 6.07) is 9.73. The maximum absolute atomic E-state index is 10.4. The van der Waals surface area contributed by atoms with E-state index in [1.807, 2.05) is 0 Å². The van der Waals surface area contributed by atoms with E-state index in [1.54, 1.807) is 24.3 Å². The molecular weight excluding hydrogens is 258 g/mol. The van der Waals surface area contributed by atoms with Crippen LogP contribution in [0.3, 0.4) is 0 Å². The summed E-state index contributed by atoms with van der Waals surface area (Å²) in [5, 5.41) is 14.8. The van der Waals surface area contributed by atoms with Crippen molar-refractivity contribution < 1.29 is 9.34 Å². The van der Waals surface area contributed by atoms with Crippen molar-refractivity contribution in [2.75, 3.05) is 5.43 Å². The quantitative estimate of drug-likeness (QED) is 0.522. The minimum atomic E-state index is -0.609. The van der Waals surface area contributed by atoms with E-state index in [1.165, 1.54) is 18.3 Å². The molecule has 0 aliphatic carbocycles. The number of nitrogens with zero attached hydrogens (tertiary/aromatic N) is 2. The maximum Gasteiger partial charge on any atom is 0.433 e. The molecule has 6 nitrogen and oxygen atoms in total. The number of benzene rings is 1. The third-order valence-corrected chi connectivity index (χ3v) is 2.24. The van der Waals surface area contributed by atoms with Crippen LogP contribution in [0.5, 0.6) is 0 Å². The number of anilines is 1. The smallest absolute Gasteiger partial charge is 0.400 e. The molecule has 1 aromatic heterocycles. The van der Waals surface area contributed by atoms with E-state index in [0.29, 0.717) is 10.7 Å². The minimum absolute atomic E-state index is 0.288. The Bertz CT molecular complexity index is 595. The first kappa shape index (κ1) is 12.1. The van der Waals surface area contributed by atoms with Crippen molar-refractivity contribution in [3.05, 3.63) is 57.3 Å². The Kier molecular flexibility index (Phi) is 3.59. The first-order chi connectivity index (χ1) is 8.65. The average molecular weight is 266 g/mol. The highest BCUT2D eigenvalue weighted by Crippen LogP contribution is 2.16. The molecule has 2 aromatic rings. The van der Waals surface area contributed by atoms with Crippen LogP contribution in [0, 0.1) is 10.1 Å². The molecule has 0 radical (unpaired) electrons. The first-order valence-corrected chi connectivity index (χ1v) is 5.32. The zero-order chi connectivity index (χ0) is 13.0. The van der Waals surface area contributed by atoms with Gasteiger partial charge >= 0.3 is 5.88 Å². The molecule has 0 spiro atoms. The summed E-state index contributed by atoms with van der Waals surface area (Å²) in [5.74, 6) is -0.0320. The van der Waals surface area contributed by atoms with Gasteiger partial charge in [0, 0.05) is 5.02 Å². The highest BCUT2D eigenvalue weighted by Gasteiger charge is 2.09.